The van der Waals surface area contributed by atoms with E-state index >= 15 is 0 Å². The Morgan fingerprint density at radius 3 is 3.00 bits per heavy atom. The maximum absolute atomic E-state index is 11.0. The van der Waals surface area contributed by atoms with Crippen LogP contribution in [0.25, 0.3) is 0 Å². The lowest BCUT2D eigenvalue weighted by Crippen LogP contribution is -2.21. The minimum absolute atomic E-state index is 0.0524. The second-order valence-electron chi connectivity index (χ2n) is 2.96. The lowest BCUT2D eigenvalue weighted by Gasteiger charge is -1.99. The van der Waals surface area contributed by atoms with Gasteiger partial charge in [-0.2, -0.15) is 0 Å². The van der Waals surface area contributed by atoms with Gasteiger partial charge in [0, 0.05) is 12.5 Å². The van der Waals surface area contributed by atoms with Gasteiger partial charge in [0.25, 0.3) is 0 Å². The molecule has 1 aromatic rings. The minimum Gasteiger partial charge on any atom is -0.359 e. The van der Waals surface area contributed by atoms with Crippen LogP contribution in [-0.4, -0.2) is 11.1 Å². The van der Waals surface area contributed by atoms with Crippen molar-refractivity contribution in [3.05, 3.63) is 17.5 Å². The standard InChI is InChI=1S/C9H14N2O2/c1-3-4-9(12)10-6-8-5-7(2)11-13-8/h5H,3-4,6H2,1-2H3,(H,10,12). The number of hydrogen-bond acceptors (Lipinski definition) is 3. The van der Waals surface area contributed by atoms with Gasteiger partial charge in [0.2, 0.25) is 5.91 Å². The van der Waals surface area contributed by atoms with Gasteiger partial charge < -0.3 is 9.84 Å². The highest BCUT2D eigenvalue weighted by Gasteiger charge is 2.02. The normalized spacial score (nSPS) is 10.0. The van der Waals surface area contributed by atoms with E-state index in [1.165, 1.54) is 0 Å². The number of aryl methyl sites for hydroxylation is 1. The molecule has 0 aromatic carbocycles. The van der Waals surface area contributed by atoms with E-state index in [2.05, 4.69) is 10.5 Å². The van der Waals surface area contributed by atoms with E-state index in [1.54, 1.807) is 0 Å². The molecule has 0 spiro atoms. The van der Waals surface area contributed by atoms with Crippen molar-refractivity contribution >= 4 is 5.91 Å². The van der Waals surface area contributed by atoms with Gasteiger partial charge in [-0.05, 0) is 13.3 Å². The van der Waals surface area contributed by atoms with E-state index in [0.717, 1.165) is 12.1 Å². The first kappa shape index (κ1) is 9.77. The monoisotopic (exact) mass is 182 g/mol. The number of carbonyl (C=O) groups excluding carboxylic acids is 1. The molecule has 0 aliphatic rings. The first-order valence-electron chi connectivity index (χ1n) is 4.41. The van der Waals surface area contributed by atoms with Crippen LogP contribution in [0.2, 0.25) is 0 Å². The molecule has 0 saturated carbocycles. The van der Waals surface area contributed by atoms with Crippen LogP contribution in [0.1, 0.15) is 31.2 Å². The highest BCUT2D eigenvalue weighted by Crippen LogP contribution is 2.01. The predicted octanol–water partition coefficient (Wildman–Crippen LogP) is 1.40. The number of hydrogen-bond donors (Lipinski definition) is 1. The first-order valence-corrected chi connectivity index (χ1v) is 4.41. The average molecular weight is 182 g/mol. The number of amides is 1. The Morgan fingerprint density at radius 1 is 1.69 bits per heavy atom. The molecule has 0 atom stereocenters. The van der Waals surface area contributed by atoms with Gasteiger partial charge in [-0.15, -0.1) is 0 Å². The van der Waals surface area contributed by atoms with Crippen molar-refractivity contribution in [3.8, 4) is 0 Å². The maximum Gasteiger partial charge on any atom is 0.220 e. The quantitative estimate of drug-likeness (QED) is 0.765. The molecule has 1 amide bonds. The first-order chi connectivity index (χ1) is 6.22. The largest absolute Gasteiger partial charge is 0.359 e. The molecular formula is C9H14N2O2. The van der Waals surface area contributed by atoms with Gasteiger partial charge in [-0.25, -0.2) is 0 Å². The average Bonchev–Trinajstić information content (AvgIpc) is 2.49. The molecule has 1 heterocycles. The number of aromatic nitrogens is 1. The summed E-state index contributed by atoms with van der Waals surface area (Å²) in [4.78, 5) is 11.0. The maximum atomic E-state index is 11.0. The zero-order chi connectivity index (χ0) is 9.68. The molecule has 0 fully saturated rings. The topological polar surface area (TPSA) is 55.1 Å². The van der Waals surface area contributed by atoms with Crippen molar-refractivity contribution in [2.75, 3.05) is 0 Å². The summed E-state index contributed by atoms with van der Waals surface area (Å²) >= 11 is 0. The molecule has 4 heteroatoms. The highest BCUT2D eigenvalue weighted by atomic mass is 16.5. The van der Waals surface area contributed by atoms with Gasteiger partial charge in [-0.1, -0.05) is 12.1 Å². The van der Waals surface area contributed by atoms with Crippen LogP contribution in [-0.2, 0) is 11.3 Å². The number of carbonyl (C=O) groups is 1. The Morgan fingerprint density at radius 2 is 2.46 bits per heavy atom. The molecule has 0 unspecified atom stereocenters. The molecule has 1 rings (SSSR count). The Labute approximate surface area is 77.3 Å². The molecule has 0 aliphatic heterocycles. The van der Waals surface area contributed by atoms with Crippen molar-refractivity contribution < 1.29 is 9.32 Å². The lowest BCUT2D eigenvalue weighted by molar-refractivity contribution is -0.121. The second kappa shape index (κ2) is 4.64. The molecular weight excluding hydrogens is 168 g/mol. The summed E-state index contributed by atoms with van der Waals surface area (Å²) in [6.45, 7) is 4.25. The van der Waals surface area contributed by atoms with Crippen molar-refractivity contribution in [1.29, 1.82) is 0 Å². The molecule has 13 heavy (non-hydrogen) atoms. The second-order valence-corrected chi connectivity index (χ2v) is 2.96. The van der Waals surface area contributed by atoms with E-state index < -0.39 is 0 Å². The molecule has 0 aliphatic carbocycles. The minimum atomic E-state index is 0.0524. The van der Waals surface area contributed by atoms with E-state index in [1.807, 2.05) is 19.9 Å². The number of rotatable bonds is 4. The SMILES string of the molecule is CCCC(=O)NCc1cc(C)no1. The summed E-state index contributed by atoms with van der Waals surface area (Å²) in [6, 6.07) is 1.81. The Balaban J connectivity index is 2.30. The van der Waals surface area contributed by atoms with E-state index in [-0.39, 0.29) is 5.91 Å². The zero-order valence-electron chi connectivity index (χ0n) is 7.96. The van der Waals surface area contributed by atoms with Crippen molar-refractivity contribution in [2.45, 2.75) is 33.2 Å². The van der Waals surface area contributed by atoms with Gasteiger partial charge in [0.1, 0.15) is 0 Å². The molecule has 1 N–H and O–H groups in total. The van der Waals surface area contributed by atoms with Crippen LogP contribution in [0.5, 0.6) is 0 Å². The predicted molar refractivity (Wildman–Crippen MR) is 48.0 cm³/mol. The van der Waals surface area contributed by atoms with Crippen LogP contribution >= 0.6 is 0 Å². The van der Waals surface area contributed by atoms with Crippen molar-refractivity contribution in [1.82, 2.24) is 10.5 Å². The smallest absolute Gasteiger partial charge is 0.220 e. The lowest BCUT2D eigenvalue weighted by atomic mass is 10.3. The van der Waals surface area contributed by atoms with Crippen LogP contribution in [0.15, 0.2) is 10.6 Å². The summed E-state index contributed by atoms with van der Waals surface area (Å²) in [5.74, 6) is 0.749. The Hall–Kier alpha value is -1.32. The van der Waals surface area contributed by atoms with E-state index in [4.69, 9.17) is 4.52 Å². The highest BCUT2D eigenvalue weighted by molar-refractivity contribution is 5.75. The van der Waals surface area contributed by atoms with Gasteiger partial charge in [0.15, 0.2) is 5.76 Å². The summed E-state index contributed by atoms with van der Waals surface area (Å²) in [5.41, 5.74) is 0.833. The number of nitrogens with one attached hydrogen (secondary N) is 1. The van der Waals surface area contributed by atoms with E-state index in [0.29, 0.717) is 18.7 Å². The van der Waals surface area contributed by atoms with Gasteiger partial charge in [-0.3, -0.25) is 4.79 Å². The fourth-order valence-electron chi connectivity index (χ4n) is 1.00. The molecule has 0 bridgehead atoms. The molecule has 0 radical (unpaired) electrons. The van der Waals surface area contributed by atoms with E-state index in [9.17, 15) is 4.79 Å². The third-order valence-corrected chi connectivity index (χ3v) is 1.61. The van der Waals surface area contributed by atoms with Crippen LogP contribution in [0.4, 0.5) is 0 Å². The van der Waals surface area contributed by atoms with Crippen LogP contribution < -0.4 is 5.32 Å². The fraction of sp³-hybridized carbons (Fsp3) is 0.556. The Bertz CT molecular complexity index is 281. The summed E-state index contributed by atoms with van der Waals surface area (Å²) < 4.78 is 4.93. The van der Waals surface area contributed by atoms with Crippen molar-refractivity contribution in [2.24, 2.45) is 0 Å². The molecule has 0 saturated heterocycles. The molecule has 1 aromatic heterocycles. The number of nitrogens with zero attached hydrogens (tertiary/aromatic N) is 1. The third-order valence-electron chi connectivity index (χ3n) is 1.61. The third kappa shape index (κ3) is 3.27. The van der Waals surface area contributed by atoms with Crippen molar-refractivity contribution in [3.63, 3.8) is 0 Å². The summed E-state index contributed by atoms with van der Waals surface area (Å²) in [7, 11) is 0. The molecule has 72 valence electrons. The Kier molecular flexibility index (Phi) is 3.49. The summed E-state index contributed by atoms with van der Waals surface area (Å²) in [5, 5.41) is 6.45. The van der Waals surface area contributed by atoms with Gasteiger partial charge in [0.05, 0.1) is 12.2 Å². The summed E-state index contributed by atoms with van der Waals surface area (Å²) in [6.07, 6.45) is 1.42. The van der Waals surface area contributed by atoms with Gasteiger partial charge >= 0.3 is 0 Å². The van der Waals surface area contributed by atoms with Crippen LogP contribution in [0.3, 0.4) is 0 Å². The fourth-order valence-corrected chi connectivity index (χ4v) is 1.00. The molecule has 4 nitrogen and oxygen atoms in total. The van der Waals surface area contributed by atoms with Crippen LogP contribution in [0, 0.1) is 6.92 Å². The zero-order valence-corrected chi connectivity index (χ0v) is 7.96.